The molecular weight excluding hydrogens is 314 g/mol. The quantitative estimate of drug-likeness (QED) is 0.740. The number of esters is 1. The van der Waals surface area contributed by atoms with Crippen LogP contribution < -0.4 is 5.32 Å². The first-order valence-corrected chi connectivity index (χ1v) is 7.89. The zero-order valence-corrected chi connectivity index (χ0v) is 13.5. The SMILES string of the molecule is COC(=O)c1sccc1NC(=O)Cc1coc2cc(C)ccc12. The number of ether oxygens (including phenoxy) is 1. The maximum Gasteiger partial charge on any atom is 0.350 e. The fraction of sp³-hybridized carbons (Fsp3) is 0.176. The van der Waals surface area contributed by atoms with Crippen molar-refractivity contribution in [2.24, 2.45) is 0 Å². The third-order valence-corrected chi connectivity index (χ3v) is 4.37. The molecule has 1 aromatic carbocycles. The molecule has 3 aromatic rings. The van der Waals surface area contributed by atoms with Crippen molar-refractivity contribution in [3.8, 4) is 0 Å². The van der Waals surface area contributed by atoms with Crippen LogP contribution in [0.15, 0.2) is 40.3 Å². The van der Waals surface area contributed by atoms with Crippen LogP contribution in [0.1, 0.15) is 20.8 Å². The van der Waals surface area contributed by atoms with Gasteiger partial charge in [0.15, 0.2) is 0 Å². The van der Waals surface area contributed by atoms with E-state index in [1.165, 1.54) is 18.4 Å². The van der Waals surface area contributed by atoms with Gasteiger partial charge in [-0.25, -0.2) is 4.79 Å². The minimum Gasteiger partial charge on any atom is -0.465 e. The first kappa shape index (κ1) is 15.3. The van der Waals surface area contributed by atoms with Crippen molar-refractivity contribution in [1.82, 2.24) is 0 Å². The molecule has 118 valence electrons. The standard InChI is InChI=1S/C17H15NO4S/c1-10-3-4-12-11(9-22-14(12)7-10)8-15(19)18-13-5-6-23-16(13)17(20)21-2/h3-7,9H,8H2,1-2H3,(H,18,19). The lowest BCUT2D eigenvalue weighted by Gasteiger charge is -2.05. The average Bonchev–Trinajstić information content (AvgIpc) is 3.13. The number of furan rings is 1. The second kappa shape index (κ2) is 6.26. The molecule has 0 aliphatic carbocycles. The van der Waals surface area contributed by atoms with Crippen LogP contribution in [-0.2, 0) is 16.0 Å². The Balaban J connectivity index is 1.77. The van der Waals surface area contributed by atoms with Crippen molar-refractivity contribution in [2.45, 2.75) is 13.3 Å². The second-order valence-corrected chi connectivity index (χ2v) is 6.06. The molecule has 0 atom stereocenters. The molecule has 0 bridgehead atoms. The number of amides is 1. The molecular formula is C17H15NO4S. The minimum atomic E-state index is -0.459. The van der Waals surface area contributed by atoms with Crippen molar-refractivity contribution in [2.75, 3.05) is 12.4 Å². The van der Waals surface area contributed by atoms with Gasteiger partial charge >= 0.3 is 5.97 Å². The van der Waals surface area contributed by atoms with Crippen LogP contribution in [0.5, 0.6) is 0 Å². The largest absolute Gasteiger partial charge is 0.465 e. The number of carbonyl (C=O) groups excluding carboxylic acids is 2. The highest BCUT2D eigenvalue weighted by atomic mass is 32.1. The highest BCUT2D eigenvalue weighted by Crippen LogP contribution is 2.25. The number of methoxy groups -OCH3 is 1. The van der Waals surface area contributed by atoms with Gasteiger partial charge in [0, 0.05) is 10.9 Å². The molecule has 0 saturated heterocycles. The van der Waals surface area contributed by atoms with Gasteiger partial charge in [-0.2, -0.15) is 0 Å². The van der Waals surface area contributed by atoms with E-state index in [2.05, 4.69) is 5.32 Å². The van der Waals surface area contributed by atoms with Crippen molar-refractivity contribution < 1.29 is 18.7 Å². The van der Waals surface area contributed by atoms with Gasteiger partial charge in [0.25, 0.3) is 0 Å². The number of hydrogen-bond donors (Lipinski definition) is 1. The summed E-state index contributed by atoms with van der Waals surface area (Å²) in [5, 5.41) is 5.40. The van der Waals surface area contributed by atoms with E-state index in [1.807, 2.05) is 25.1 Å². The summed E-state index contributed by atoms with van der Waals surface area (Å²) in [6.45, 7) is 1.99. The van der Waals surface area contributed by atoms with Crippen LogP contribution in [0, 0.1) is 6.92 Å². The van der Waals surface area contributed by atoms with E-state index < -0.39 is 5.97 Å². The molecule has 0 saturated carbocycles. The summed E-state index contributed by atoms with van der Waals surface area (Å²) in [6, 6.07) is 7.55. The van der Waals surface area contributed by atoms with E-state index in [4.69, 9.17) is 9.15 Å². The molecule has 0 aliphatic heterocycles. The second-order valence-electron chi connectivity index (χ2n) is 5.14. The highest BCUT2D eigenvalue weighted by molar-refractivity contribution is 7.12. The molecule has 2 heterocycles. The van der Waals surface area contributed by atoms with Crippen molar-refractivity contribution in [1.29, 1.82) is 0 Å². The Kier molecular flexibility index (Phi) is 4.16. The lowest BCUT2D eigenvalue weighted by atomic mass is 10.1. The molecule has 1 amide bonds. The zero-order valence-electron chi connectivity index (χ0n) is 12.7. The smallest absolute Gasteiger partial charge is 0.350 e. The Morgan fingerprint density at radius 1 is 1.30 bits per heavy atom. The first-order chi connectivity index (χ1) is 11.1. The predicted molar refractivity (Wildman–Crippen MR) is 88.9 cm³/mol. The monoisotopic (exact) mass is 329 g/mol. The number of fused-ring (bicyclic) bond motifs is 1. The summed E-state index contributed by atoms with van der Waals surface area (Å²) in [6.07, 6.45) is 1.77. The molecule has 1 N–H and O–H groups in total. The number of anilines is 1. The molecule has 2 aromatic heterocycles. The van der Waals surface area contributed by atoms with E-state index in [-0.39, 0.29) is 12.3 Å². The molecule has 0 unspecified atom stereocenters. The summed E-state index contributed by atoms with van der Waals surface area (Å²) in [7, 11) is 1.31. The van der Waals surface area contributed by atoms with Crippen LogP contribution >= 0.6 is 11.3 Å². The van der Waals surface area contributed by atoms with E-state index in [9.17, 15) is 9.59 Å². The Bertz CT molecular complexity index is 878. The highest BCUT2D eigenvalue weighted by Gasteiger charge is 2.17. The summed E-state index contributed by atoms with van der Waals surface area (Å²) in [5.41, 5.74) is 3.14. The number of hydrogen-bond acceptors (Lipinski definition) is 5. The molecule has 0 fully saturated rings. The van der Waals surface area contributed by atoms with Crippen LogP contribution in [-0.4, -0.2) is 19.0 Å². The lowest BCUT2D eigenvalue weighted by molar-refractivity contribution is -0.115. The molecule has 3 rings (SSSR count). The number of nitrogens with one attached hydrogen (secondary N) is 1. The van der Waals surface area contributed by atoms with Crippen LogP contribution in [0.25, 0.3) is 11.0 Å². The third kappa shape index (κ3) is 3.12. The van der Waals surface area contributed by atoms with E-state index in [1.54, 1.807) is 17.7 Å². The summed E-state index contributed by atoms with van der Waals surface area (Å²) >= 11 is 1.23. The molecule has 6 heteroatoms. The summed E-state index contributed by atoms with van der Waals surface area (Å²) in [4.78, 5) is 24.3. The van der Waals surface area contributed by atoms with Gasteiger partial charge in [-0.05, 0) is 30.0 Å². The normalized spacial score (nSPS) is 10.7. The minimum absolute atomic E-state index is 0.173. The maximum absolute atomic E-state index is 12.3. The van der Waals surface area contributed by atoms with Crippen molar-refractivity contribution >= 4 is 39.9 Å². The van der Waals surface area contributed by atoms with Gasteiger partial charge in [0.1, 0.15) is 10.5 Å². The van der Waals surface area contributed by atoms with Gasteiger partial charge < -0.3 is 14.5 Å². The van der Waals surface area contributed by atoms with E-state index in [0.29, 0.717) is 10.6 Å². The Hall–Kier alpha value is -2.60. The summed E-state index contributed by atoms with van der Waals surface area (Å²) in [5.74, 6) is -0.670. The fourth-order valence-corrected chi connectivity index (χ4v) is 3.12. The Labute approximate surface area is 136 Å². The van der Waals surface area contributed by atoms with Crippen molar-refractivity contribution in [3.63, 3.8) is 0 Å². The average molecular weight is 329 g/mol. The van der Waals surface area contributed by atoms with Gasteiger partial charge in [-0.3, -0.25) is 4.79 Å². The molecule has 0 radical (unpaired) electrons. The lowest BCUT2D eigenvalue weighted by Crippen LogP contribution is -2.15. The fourth-order valence-electron chi connectivity index (χ4n) is 2.35. The Morgan fingerprint density at radius 3 is 2.91 bits per heavy atom. The van der Waals surface area contributed by atoms with Crippen LogP contribution in [0.3, 0.4) is 0 Å². The van der Waals surface area contributed by atoms with Gasteiger partial charge in [-0.1, -0.05) is 12.1 Å². The first-order valence-electron chi connectivity index (χ1n) is 7.01. The van der Waals surface area contributed by atoms with Gasteiger partial charge in [0.05, 0.1) is 25.5 Å². The van der Waals surface area contributed by atoms with Gasteiger partial charge in [0.2, 0.25) is 5.91 Å². The van der Waals surface area contributed by atoms with E-state index in [0.717, 1.165) is 22.1 Å². The molecule has 0 aliphatic rings. The van der Waals surface area contributed by atoms with Gasteiger partial charge in [-0.15, -0.1) is 11.3 Å². The number of carbonyl (C=O) groups is 2. The van der Waals surface area contributed by atoms with Crippen LogP contribution in [0.4, 0.5) is 5.69 Å². The van der Waals surface area contributed by atoms with Crippen LogP contribution in [0.2, 0.25) is 0 Å². The third-order valence-electron chi connectivity index (χ3n) is 3.47. The number of thiophene rings is 1. The zero-order chi connectivity index (χ0) is 16.4. The van der Waals surface area contributed by atoms with Crippen molar-refractivity contribution in [3.05, 3.63) is 51.9 Å². The summed E-state index contributed by atoms with van der Waals surface area (Å²) < 4.78 is 10.2. The molecule has 0 spiro atoms. The maximum atomic E-state index is 12.3. The predicted octanol–water partition coefficient (Wildman–Crippen LogP) is 3.77. The topological polar surface area (TPSA) is 68.5 Å². The van der Waals surface area contributed by atoms with E-state index >= 15 is 0 Å². The number of rotatable bonds is 4. The number of benzene rings is 1. The Morgan fingerprint density at radius 2 is 2.13 bits per heavy atom. The molecule has 23 heavy (non-hydrogen) atoms. The molecule has 5 nitrogen and oxygen atoms in total. The number of aryl methyl sites for hydroxylation is 1.